The van der Waals surface area contributed by atoms with Crippen molar-refractivity contribution in [2.24, 2.45) is 5.92 Å². The minimum Gasteiger partial charge on any atom is -0.382 e. The van der Waals surface area contributed by atoms with Gasteiger partial charge in [-0.15, -0.1) is 0 Å². The second kappa shape index (κ2) is 7.69. The largest absolute Gasteiger partial charge is 0.391 e. The molecule has 1 amide bonds. The van der Waals surface area contributed by atoms with Crippen molar-refractivity contribution in [1.82, 2.24) is 5.32 Å². The lowest BCUT2D eigenvalue weighted by Gasteiger charge is -2.30. The Morgan fingerprint density at radius 3 is 2.35 bits per heavy atom. The molecule has 0 saturated heterocycles. The third-order valence-electron chi connectivity index (χ3n) is 4.69. The van der Waals surface area contributed by atoms with E-state index in [0.717, 1.165) is 6.07 Å². The molecule has 2 rings (SSSR count). The number of rotatable bonds is 4. The smallest absolute Gasteiger partial charge is 0.382 e. The zero-order valence-electron chi connectivity index (χ0n) is 14.2. The molecular formula is C16H19ClF3N3O3. The number of nitrogens with zero attached hydrogens (tertiary/aromatic N) is 1. The van der Waals surface area contributed by atoms with Crippen LogP contribution >= 0.6 is 11.6 Å². The van der Waals surface area contributed by atoms with Crippen molar-refractivity contribution in [3.05, 3.63) is 32.3 Å². The van der Waals surface area contributed by atoms with E-state index in [4.69, 9.17) is 11.6 Å². The van der Waals surface area contributed by atoms with Crippen molar-refractivity contribution < 1.29 is 22.9 Å². The van der Waals surface area contributed by atoms with E-state index in [1.54, 1.807) is 6.92 Å². The number of carbonyl (C=O) groups is 1. The summed E-state index contributed by atoms with van der Waals surface area (Å²) in [6.45, 7) is 1.55. The number of hydrogen-bond acceptors (Lipinski definition) is 4. The number of nitro groups is 1. The highest BCUT2D eigenvalue weighted by atomic mass is 35.5. The number of nitrogens with one attached hydrogen (secondary N) is 2. The van der Waals surface area contributed by atoms with Gasteiger partial charge in [-0.1, -0.05) is 11.6 Å². The Morgan fingerprint density at radius 2 is 1.88 bits per heavy atom. The first kappa shape index (κ1) is 20.3. The SMILES string of the molecule is CNc1c([N+](=O)[O-])cc(C(=O)NC2CCC(C(F)(F)F)CC2)c(Cl)c1C. The van der Waals surface area contributed by atoms with Crippen molar-refractivity contribution in [3.63, 3.8) is 0 Å². The molecule has 0 aliphatic heterocycles. The van der Waals surface area contributed by atoms with Crippen LogP contribution in [0.3, 0.4) is 0 Å². The van der Waals surface area contributed by atoms with Crippen LogP contribution in [-0.2, 0) is 0 Å². The highest BCUT2D eigenvalue weighted by Crippen LogP contribution is 2.38. The fourth-order valence-corrected chi connectivity index (χ4v) is 3.46. The minimum atomic E-state index is -4.22. The van der Waals surface area contributed by atoms with E-state index in [-0.39, 0.29) is 47.6 Å². The first-order chi connectivity index (χ1) is 12.1. The van der Waals surface area contributed by atoms with Crippen LogP contribution in [0.2, 0.25) is 5.02 Å². The van der Waals surface area contributed by atoms with Crippen LogP contribution in [0.25, 0.3) is 0 Å². The summed E-state index contributed by atoms with van der Waals surface area (Å²) in [6.07, 6.45) is -3.94. The Labute approximate surface area is 153 Å². The van der Waals surface area contributed by atoms with E-state index < -0.39 is 29.0 Å². The highest BCUT2D eigenvalue weighted by molar-refractivity contribution is 6.35. The molecule has 1 aliphatic rings. The van der Waals surface area contributed by atoms with E-state index in [1.807, 2.05) is 0 Å². The van der Waals surface area contributed by atoms with Crippen LogP contribution in [0.1, 0.15) is 41.6 Å². The maximum absolute atomic E-state index is 12.7. The monoisotopic (exact) mass is 393 g/mol. The normalized spacial score (nSPS) is 20.5. The summed E-state index contributed by atoms with van der Waals surface area (Å²) >= 11 is 6.18. The van der Waals surface area contributed by atoms with Gasteiger partial charge in [0.15, 0.2) is 0 Å². The van der Waals surface area contributed by atoms with Crippen LogP contribution in [0.5, 0.6) is 0 Å². The molecule has 6 nitrogen and oxygen atoms in total. The lowest BCUT2D eigenvalue weighted by Crippen LogP contribution is -2.40. The molecule has 0 spiro atoms. The Hall–Kier alpha value is -2.03. The average Bonchev–Trinajstić information content (AvgIpc) is 2.56. The number of benzene rings is 1. The molecule has 1 aromatic carbocycles. The zero-order valence-corrected chi connectivity index (χ0v) is 15.0. The highest BCUT2D eigenvalue weighted by Gasteiger charge is 2.41. The second-order valence-corrected chi connectivity index (χ2v) is 6.71. The van der Waals surface area contributed by atoms with Gasteiger partial charge in [0.05, 0.1) is 21.4 Å². The van der Waals surface area contributed by atoms with Gasteiger partial charge in [0.25, 0.3) is 11.6 Å². The summed E-state index contributed by atoms with van der Waals surface area (Å²) in [5.41, 5.74) is 0.213. The molecular weight excluding hydrogens is 375 g/mol. The number of carbonyl (C=O) groups excluding carboxylic acids is 1. The maximum Gasteiger partial charge on any atom is 0.391 e. The lowest BCUT2D eigenvalue weighted by molar-refractivity contribution is -0.384. The van der Waals surface area contributed by atoms with Gasteiger partial charge in [-0.3, -0.25) is 14.9 Å². The zero-order chi connectivity index (χ0) is 19.6. The number of hydrogen-bond donors (Lipinski definition) is 2. The molecule has 0 unspecified atom stereocenters. The van der Waals surface area contributed by atoms with E-state index in [0.29, 0.717) is 5.56 Å². The summed E-state index contributed by atoms with van der Waals surface area (Å²) in [4.78, 5) is 23.1. The molecule has 0 bridgehead atoms. The Morgan fingerprint density at radius 1 is 1.31 bits per heavy atom. The van der Waals surface area contributed by atoms with Gasteiger partial charge in [-0.25, -0.2) is 0 Å². The average molecular weight is 394 g/mol. The van der Waals surface area contributed by atoms with Crippen molar-refractivity contribution in [1.29, 1.82) is 0 Å². The van der Waals surface area contributed by atoms with E-state index in [1.165, 1.54) is 7.05 Å². The van der Waals surface area contributed by atoms with Gasteiger partial charge in [0.2, 0.25) is 0 Å². The van der Waals surface area contributed by atoms with Gasteiger partial charge in [0, 0.05) is 19.2 Å². The fraction of sp³-hybridized carbons (Fsp3) is 0.562. The number of amides is 1. The lowest BCUT2D eigenvalue weighted by atomic mass is 9.85. The van der Waals surface area contributed by atoms with Crippen LogP contribution in [0.15, 0.2) is 6.07 Å². The van der Waals surface area contributed by atoms with E-state index in [2.05, 4.69) is 10.6 Å². The minimum absolute atomic E-state index is 0.0555. The third kappa shape index (κ3) is 4.20. The van der Waals surface area contributed by atoms with Crippen LogP contribution in [0, 0.1) is 23.0 Å². The first-order valence-electron chi connectivity index (χ1n) is 8.09. The number of anilines is 1. The molecule has 10 heteroatoms. The van der Waals surface area contributed by atoms with Gasteiger partial charge in [-0.2, -0.15) is 13.2 Å². The summed E-state index contributed by atoms with van der Waals surface area (Å²) in [6, 6.07) is 0.665. The molecule has 0 aromatic heterocycles. The van der Waals surface area contributed by atoms with Crippen LogP contribution in [-0.4, -0.2) is 30.1 Å². The molecule has 1 aliphatic carbocycles. The molecule has 0 atom stereocenters. The number of alkyl halides is 3. The summed E-state index contributed by atoms with van der Waals surface area (Å²) in [7, 11) is 1.50. The fourth-order valence-electron chi connectivity index (χ4n) is 3.23. The molecule has 144 valence electrons. The second-order valence-electron chi connectivity index (χ2n) is 6.33. The van der Waals surface area contributed by atoms with Gasteiger partial charge in [0.1, 0.15) is 5.69 Å². The molecule has 26 heavy (non-hydrogen) atoms. The quantitative estimate of drug-likeness (QED) is 0.584. The third-order valence-corrected chi connectivity index (χ3v) is 5.18. The Bertz CT molecular complexity index is 717. The van der Waals surface area contributed by atoms with E-state index >= 15 is 0 Å². The topological polar surface area (TPSA) is 84.3 Å². The van der Waals surface area contributed by atoms with Crippen LogP contribution in [0.4, 0.5) is 24.5 Å². The van der Waals surface area contributed by atoms with Crippen molar-refractivity contribution in [3.8, 4) is 0 Å². The molecule has 0 heterocycles. The molecule has 1 aromatic rings. The van der Waals surface area contributed by atoms with Crippen molar-refractivity contribution >= 4 is 28.9 Å². The molecule has 1 fully saturated rings. The van der Waals surface area contributed by atoms with Gasteiger partial charge < -0.3 is 10.6 Å². The Kier molecular flexibility index (Phi) is 6.00. The maximum atomic E-state index is 12.7. The summed E-state index contributed by atoms with van der Waals surface area (Å²) in [5.74, 6) is -1.98. The predicted octanol–water partition coefficient (Wildman–Crippen LogP) is 4.45. The number of nitro benzene ring substituents is 1. The van der Waals surface area contributed by atoms with Crippen LogP contribution < -0.4 is 10.6 Å². The van der Waals surface area contributed by atoms with Gasteiger partial charge in [-0.05, 0) is 38.2 Å². The standard InChI is InChI=1S/C16H19ClF3N3O3/c1-8-13(17)11(7-12(23(25)26)14(8)21-2)15(24)22-10-5-3-9(4-6-10)16(18,19)20/h7,9-10,21H,3-6H2,1-2H3,(H,22,24). The first-order valence-corrected chi connectivity index (χ1v) is 8.46. The van der Waals surface area contributed by atoms with Crippen molar-refractivity contribution in [2.45, 2.75) is 44.8 Å². The molecule has 1 saturated carbocycles. The van der Waals surface area contributed by atoms with E-state index in [9.17, 15) is 28.1 Å². The predicted molar refractivity (Wildman–Crippen MR) is 91.7 cm³/mol. The molecule has 0 radical (unpaired) electrons. The molecule has 2 N–H and O–H groups in total. The Balaban J connectivity index is 2.17. The summed E-state index contributed by atoms with van der Waals surface area (Å²) < 4.78 is 38.1. The number of halogens is 4. The summed E-state index contributed by atoms with van der Waals surface area (Å²) in [5, 5.41) is 16.6. The van der Waals surface area contributed by atoms with Crippen molar-refractivity contribution in [2.75, 3.05) is 12.4 Å². The van der Waals surface area contributed by atoms with Gasteiger partial charge >= 0.3 is 6.18 Å².